The Bertz CT molecular complexity index is 425. The van der Waals surface area contributed by atoms with Crippen molar-refractivity contribution in [1.82, 2.24) is 5.32 Å². The fraction of sp³-hybridized carbons (Fsp3) is 0.600. The zero-order chi connectivity index (χ0) is 13.9. The van der Waals surface area contributed by atoms with E-state index < -0.39 is 6.10 Å². The molecule has 1 aliphatic heterocycles. The van der Waals surface area contributed by atoms with Crippen molar-refractivity contribution in [2.75, 3.05) is 27.3 Å². The molecule has 1 aliphatic rings. The van der Waals surface area contributed by atoms with E-state index in [1.807, 2.05) is 25.1 Å². The van der Waals surface area contributed by atoms with Crippen molar-refractivity contribution in [2.24, 2.45) is 0 Å². The molecular weight excluding hydrogens is 242 g/mol. The first-order chi connectivity index (χ1) is 9.14. The maximum atomic E-state index is 10.3. The van der Waals surface area contributed by atoms with Gasteiger partial charge in [0.1, 0.15) is 11.5 Å². The Labute approximate surface area is 114 Å². The average Bonchev–Trinajstić information content (AvgIpc) is 2.47. The Morgan fingerprint density at radius 3 is 2.42 bits per heavy atom. The molecule has 106 valence electrons. The number of methoxy groups -OCH3 is 2. The van der Waals surface area contributed by atoms with Gasteiger partial charge in [-0.3, -0.25) is 0 Å². The molecule has 0 saturated carbocycles. The minimum absolute atomic E-state index is 0.233. The molecule has 1 aromatic rings. The number of nitrogens with one attached hydrogen (secondary N) is 1. The number of hydrogen-bond donors (Lipinski definition) is 2. The van der Waals surface area contributed by atoms with Gasteiger partial charge < -0.3 is 19.9 Å². The molecule has 1 atom stereocenters. The van der Waals surface area contributed by atoms with E-state index in [2.05, 4.69) is 5.32 Å². The largest absolute Gasteiger partial charge is 0.497 e. The summed E-state index contributed by atoms with van der Waals surface area (Å²) in [6, 6.07) is 5.85. The lowest BCUT2D eigenvalue weighted by molar-refractivity contribution is 0.0714. The van der Waals surface area contributed by atoms with Crippen LogP contribution in [0.3, 0.4) is 0 Å². The second-order valence-corrected chi connectivity index (χ2v) is 5.15. The van der Waals surface area contributed by atoms with Gasteiger partial charge in [-0.15, -0.1) is 0 Å². The quantitative estimate of drug-likeness (QED) is 0.870. The highest BCUT2D eigenvalue weighted by atomic mass is 16.5. The van der Waals surface area contributed by atoms with Crippen LogP contribution < -0.4 is 14.8 Å². The van der Waals surface area contributed by atoms with Gasteiger partial charge in [0.25, 0.3) is 0 Å². The van der Waals surface area contributed by atoms with Crippen LogP contribution in [0.15, 0.2) is 18.2 Å². The summed E-state index contributed by atoms with van der Waals surface area (Å²) in [5.74, 6) is 1.57. The lowest BCUT2D eigenvalue weighted by Gasteiger charge is -2.41. The molecule has 1 fully saturated rings. The van der Waals surface area contributed by atoms with Crippen molar-refractivity contribution < 1.29 is 14.6 Å². The van der Waals surface area contributed by atoms with Crippen LogP contribution in [-0.4, -0.2) is 38.5 Å². The summed E-state index contributed by atoms with van der Waals surface area (Å²) in [5, 5.41) is 13.7. The van der Waals surface area contributed by atoms with Gasteiger partial charge in [-0.25, -0.2) is 0 Å². The Balaban J connectivity index is 2.47. The first-order valence-corrected chi connectivity index (χ1v) is 6.75. The standard InChI is InChI=1S/C15H23NO3/c1-11(17)15(6-8-16-9-7-15)13-5-4-12(18-2)10-14(13)19-3/h4-5,10-11,16-17H,6-9H2,1-3H3. The molecule has 0 aromatic heterocycles. The van der Waals surface area contributed by atoms with E-state index in [-0.39, 0.29) is 5.41 Å². The highest BCUT2D eigenvalue weighted by Crippen LogP contribution is 2.42. The number of aliphatic hydroxyl groups is 1. The van der Waals surface area contributed by atoms with Crippen LogP contribution in [0.4, 0.5) is 0 Å². The Morgan fingerprint density at radius 1 is 1.21 bits per heavy atom. The maximum absolute atomic E-state index is 10.3. The van der Waals surface area contributed by atoms with Crippen LogP contribution >= 0.6 is 0 Å². The van der Waals surface area contributed by atoms with Crippen LogP contribution in [0.25, 0.3) is 0 Å². The summed E-state index contributed by atoms with van der Waals surface area (Å²) in [4.78, 5) is 0. The fourth-order valence-electron chi connectivity index (χ4n) is 2.99. The minimum Gasteiger partial charge on any atom is -0.497 e. The number of ether oxygens (including phenoxy) is 2. The molecule has 0 amide bonds. The third-order valence-electron chi connectivity index (χ3n) is 4.24. The summed E-state index contributed by atoms with van der Waals surface area (Å²) in [6.45, 7) is 3.70. The van der Waals surface area contributed by atoms with E-state index >= 15 is 0 Å². The number of benzene rings is 1. The van der Waals surface area contributed by atoms with Gasteiger partial charge >= 0.3 is 0 Å². The Hall–Kier alpha value is -1.26. The molecule has 4 nitrogen and oxygen atoms in total. The molecule has 0 spiro atoms. The van der Waals surface area contributed by atoms with E-state index in [1.165, 1.54) is 0 Å². The molecule has 0 aliphatic carbocycles. The number of hydrogen-bond acceptors (Lipinski definition) is 4. The van der Waals surface area contributed by atoms with E-state index in [0.29, 0.717) is 0 Å². The normalized spacial score (nSPS) is 19.8. The summed E-state index contributed by atoms with van der Waals surface area (Å²) in [7, 11) is 3.30. The van der Waals surface area contributed by atoms with Crippen LogP contribution in [0.2, 0.25) is 0 Å². The Morgan fingerprint density at radius 2 is 1.89 bits per heavy atom. The van der Waals surface area contributed by atoms with Gasteiger partial charge in [0, 0.05) is 17.0 Å². The number of piperidine rings is 1. The van der Waals surface area contributed by atoms with Crippen molar-refractivity contribution in [1.29, 1.82) is 0 Å². The second-order valence-electron chi connectivity index (χ2n) is 5.15. The molecule has 2 rings (SSSR count). The van der Waals surface area contributed by atoms with Crippen LogP contribution in [0.1, 0.15) is 25.3 Å². The first kappa shape index (κ1) is 14.2. The molecule has 1 heterocycles. The van der Waals surface area contributed by atoms with E-state index in [1.54, 1.807) is 14.2 Å². The number of aliphatic hydroxyl groups excluding tert-OH is 1. The summed E-state index contributed by atoms with van der Waals surface area (Å²) in [5.41, 5.74) is 0.843. The zero-order valence-corrected chi connectivity index (χ0v) is 11.9. The Kier molecular flexibility index (Phi) is 4.32. The summed E-state index contributed by atoms with van der Waals surface area (Å²) in [6.07, 6.45) is 1.41. The highest BCUT2D eigenvalue weighted by Gasteiger charge is 2.40. The van der Waals surface area contributed by atoms with E-state index in [9.17, 15) is 5.11 Å². The van der Waals surface area contributed by atoms with Gasteiger partial charge in [0.15, 0.2) is 0 Å². The molecule has 1 saturated heterocycles. The second kappa shape index (κ2) is 5.80. The molecule has 4 heteroatoms. The van der Waals surface area contributed by atoms with Crippen molar-refractivity contribution in [3.63, 3.8) is 0 Å². The summed E-state index contributed by atoms with van der Waals surface area (Å²) >= 11 is 0. The van der Waals surface area contributed by atoms with Crippen LogP contribution in [0.5, 0.6) is 11.5 Å². The van der Waals surface area contributed by atoms with E-state index in [0.717, 1.165) is 43.0 Å². The molecular formula is C15H23NO3. The smallest absolute Gasteiger partial charge is 0.126 e. The van der Waals surface area contributed by atoms with Crippen LogP contribution in [0, 0.1) is 0 Å². The number of rotatable bonds is 4. The molecule has 2 N–H and O–H groups in total. The minimum atomic E-state index is -0.406. The molecule has 0 radical (unpaired) electrons. The summed E-state index contributed by atoms with van der Waals surface area (Å²) < 4.78 is 10.7. The average molecular weight is 265 g/mol. The van der Waals surface area contributed by atoms with Gasteiger partial charge in [-0.05, 0) is 38.9 Å². The third-order valence-corrected chi connectivity index (χ3v) is 4.24. The fourth-order valence-corrected chi connectivity index (χ4v) is 2.99. The van der Waals surface area contributed by atoms with Crippen molar-refractivity contribution >= 4 is 0 Å². The van der Waals surface area contributed by atoms with Gasteiger partial charge in [0.05, 0.1) is 20.3 Å². The lowest BCUT2D eigenvalue weighted by atomic mass is 9.69. The molecule has 0 bridgehead atoms. The van der Waals surface area contributed by atoms with Gasteiger partial charge in [0.2, 0.25) is 0 Å². The van der Waals surface area contributed by atoms with Crippen LogP contribution in [-0.2, 0) is 5.41 Å². The monoisotopic (exact) mass is 265 g/mol. The molecule has 19 heavy (non-hydrogen) atoms. The van der Waals surface area contributed by atoms with Crippen molar-refractivity contribution in [3.05, 3.63) is 23.8 Å². The van der Waals surface area contributed by atoms with Crippen molar-refractivity contribution in [3.8, 4) is 11.5 Å². The highest BCUT2D eigenvalue weighted by molar-refractivity contribution is 5.46. The SMILES string of the molecule is COc1ccc(C2(C(C)O)CCNCC2)c(OC)c1. The topological polar surface area (TPSA) is 50.7 Å². The lowest BCUT2D eigenvalue weighted by Crippen LogP contribution is -2.46. The molecule has 1 aromatic carbocycles. The van der Waals surface area contributed by atoms with Crippen molar-refractivity contribution in [2.45, 2.75) is 31.3 Å². The maximum Gasteiger partial charge on any atom is 0.126 e. The third kappa shape index (κ3) is 2.55. The van der Waals surface area contributed by atoms with Gasteiger partial charge in [-0.2, -0.15) is 0 Å². The first-order valence-electron chi connectivity index (χ1n) is 6.75. The predicted octanol–water partition coefficient (Wildman–Crippen LogP) is 1.71. The molecule has 1 unspecified atom stereocenters. The van der Waals surface area contributed by atoms with Gasteiger partial charge in [-0.1, -0.05) is 6.07 Å². The predicted molar refractivity (Wildman–Crippen MR) is 75.0 cm³/mol. The zero-order valence-electron chi connectivity index (χ0n) is 11.9. The van der Waals surface area contributed by atoms with E-state index in [4.69, 9.17) is 9.47 Å².